The maximum atomic E-state index is 11.8. The molecular weight excluding hydrogens is 315 g/mol. The maximum Gasteiger partial charge on any atom is 0.422 e. The van der Waals surface area contributed by atoms with Crippen LogP contribution in [0.1, 0.15) is 11.1 Å². The van der Waals surface area contributed by atoms with Crippen LogP contribution in [0.15, 0.2) is 16.6 Å². The topological polar surface area (TPSA) is 38.3 Å². The molecule has 0 atom stereocenters. The zero-order chi connectivity index (χ0) is 13.9. The second kappa shape index (κ2) is 5.60. The Morgan fingerprint density at radius 2 is 1.83 bits per heavy atom. The number of anilines is 1. The van der Waals surface area contributed by atoms with Crippen LogP contribution in [0.2, 0.25) is 0 Å². The predicted molar refractivity (Wildman–Crippen MR) is 64.6 cm³/mol. The second-order valence-corrected chi connectivity index (χ2v) is 4.53. The summed E-state index contributed by atoms with van der Waals surface area (Å²) in [7, 11) is 0. The smallest absolute Gasteiger partial charge is 0.422 e. The number of aryl methyl sites for hydroxylation is 2. The number of hydrogen-bond donors (Lipinski definition) is 1. The molecule has 0 aliphatic carbocycles. The molecule has 0 aliphatic heterocycles. The van der Waals surface area contributed by atoms with E-state index in [1.165, 1.54) is 0 Å². The molecule has 0 saturated heterocycles. The number of carbonyl (C=O) groups is 1. The minimum absolute atomic E-state index is 0.389. The van der Waals surface area contributed by atoms with Crippen molar-refractivity contribution in [3.8, 4) is 0 Å². The molecule has 0 aliphatic rings. The Morgan fingerprint density at radius 1 is 1.33 bits per heavy atom. The molecule has 1 amide bonds. The lowest BCUT2D eigenvalue weighted by molar-refractivity contribution is -0.159. The molecule has 1 aromatic carbocycles. The summed E-state index contributed by atoms with van der Waals surface area (Å²) in [4.78, 5) is 11.1. The molecule has 1 rings (SSSR count). The Bertz CT molecular complexity index is 437. The van der Waals surface area contributed by atoms with Gasteiger partial charge < -0.3 is 4.74 Å². The van der Waals surface area contributed by atoms with E-state index >= 15 is 0 Å². The van der Waals surface area contributed by atoms with E-state index < -0.39 is 18.9 Å². The molecule has 0 radical (unpaired) electrons. The predicted octanol–water partition coefficient (Wildman–Crippen LogP) is 4.18. The van der Waals surface area contributed by atoms with Crippen LogP contribution in [0.3, 0.4) is 0 Å². The number of amides is 1. The first kappa shape index (κ1) is 14.8. The van der Waals surface area contributed by atoms with Gasteiger partial charge in [0.2, 0.25) is 0 Å². The Kier molecular flexibility index (Phi) is 4.61. The number of rotatable bonds is 2. The summed E-state index contributed by atoms with van der Waals surface area (Å²) < 4.78 is 40.4. The lowest BCUT2D eigenvalue weighted by Gasteiger charge is -2.11. The third-order valence-corrected chi connectivity index (χ3v) is 3.30. The molecular formula is C11H11BrF3NO2. The fourth-order valence-electron chi connectivity index (χ4n) is 1.32. The fourth-order valence-corrected chi connectivity index (χ4v) is 1.55. The summed E-state index contributed by atoms with van der Waals surface area (Å²) in [6.07, 6.45) is -5.66. The van der Waals surface area contributed by atoms with Crippen molar-refractivity contribution < 1.29 is 22.7 Å². The van der Waals surface area contributed by atoms with Crippen molar-refractivity contribution in [3.63, 3.8) is 0 Å². The van der Waals surface area contributed by atoms with Gasteiger partial charge in [0.1, 0.15) is 0 Å². The zero-order valence-corrected chi connectivity index (χ0v) is 11.3. The Balaban J connectivity index is 2.65. The first-order chi connectivity index (χ1) is 8.19. The molecule has 0 heterocycles. The van der Waals surface area contributed by atoms with Crippen molar-refractivity contribution in [3.05, 3.63) is 27.7 Å². The molecule has 7 heteroatoms. The number of hydrogen-bond acceptors (Lipinski definition) is 2. The highest BCUT2D eigenvalue weighted by molar-refractivity contribution is 9.10. The quantitative estimate of drug-likeness (QED) is 0.885. The monoisotopic (exact) mass is 325 g/mol. The minimum atomic E-state index is -4.52. The van der Waals surface area contributed by atoms with E-state index in [0.717, 1.165) is 15.6 Å². The molecule has 0 saturated carbocycles. The number of benzene rings is 1. The summed E-state index contributed by atoms with van der Waals surface area (Å²) in [5.41, 5.74) is 2.11. The lowest BCUT2D eigenvalue weighted by atomic mass is 10.1. The van der Waals surface area contributed by atoms with Crippen LogP contribution >= 0.6 is 15.9 Å². The Labute approximate surface area is 110 Å². The first-order valence-electron chi connectivity index (χ1n) is 4.96. The normalized spacial score (nSPS) is 11.2. The first-order valence-corrected chi connectivity index (χ1v) is 5.75. The van der Waals surface area contributed by atoms with Crippen LogP contribution in [0, 0.1) is 13.8 Å². The van der Waals surface area contributed by atoms with Crippen LogP contribution in [-0.4, -0.2) is 18.9 Å². The SMILES string of the molecule is Cc1cc(NC(=O)OCC(F)(F)F)cc(C)c1Br. The third-order valence-electron chi connectivity index (χ3n) is 2.05. The summed E-state index contributed by atoms with van der Waals surface area (Å²) in [6.45, 7) is 2.01. The van der Waals surface area contributed by atoms with Crippen molar-refractivity contribution in [2.75, 3.05) is 11.9 Å². The van der Waals surface area contributed by atoms with Gasteiger partial charge in [-0.2, -0.15) is 13.2 Å². The molecule has 0 unspecified atom stereocenters. The van der Waals surface area contributed by atoms with E-state index in [1.807, 2.05) is 13.8 Å². The van der Waals surface area contributed by atoms with Crippen molar-refractivity contribution in [2.45, 2.75) is 20.0 Å². The van der Waals surface area contributed by atoms with Gasteiger partial charge in [0, 0.05) is 10.2 Å². The molecule has 18 heavy (non-hydrogen) atoms. The highest BCUT2D eigenvalue weighted by Gasteiger charge is 2.29. The van der Waals surface area contributed by atoms with E-state index in [2.05, 4.69) is 26.0 Å². The molecule has 0 fully saturated rings. The average Bonchev–Trinajstić information content (AvgIpc) is 2.22. The van der Waals surface area contributed by atoms with Crippen LogP contribution < -0.4 is 5.32 Å². The van der Waals surface area contributed by atoms with Gasteiger partial charge in [-0.3, -0.25) is 5.32 Å². The average molecular weight is 326 g/mol. The van der Waals surface area contributed by atoms with Crippen LogP contribution in [0.25, 0.3) is 0 Å². The summed E-state index contributed by atoms with van der Waals surface area (Å²) in [5, 5.41) is 2.24. The number of nitrogens with one attached hydrogen (secondary N) is 1. The largest absolute Gasteiger partial charge is 0.440 e. The van der Waals surface area contributed by atoms with Gasteiger partial charge in [0.15, 0.2) is 6.61 Å². The van der Waals surface area contributed by atoms with E-state index in [9.17, 15) is 18.0 Å². The molecule has 0 aromatic heterocycles. The third kappa shape index (κ3) is 4.56. The van der Waals surface area contributed by atoms with Crippen LogP contribution in [0.4, 0.5) is 23.7 Å². The molecule has 1 aromatic rings. The van der Waals surface area contributed by atoms with E-state index in [0.29, 0.717) is 5.69 Å². The van der Waals surface area contributed by atoms with E-state index in [4.69, 9.17) is 0 Å². The molecule has 0 bridgehead atoms. The summed E-state index contributed by atoms with van der Waals surface area (Å²) in [5.74, 6) is 0. The van der Waals surface area contributed by atoms with Gasteiger partial charge >= 0.3 is 12.3 Å². The number of ether oxygens (including phenoxy) is 1. The van der Waals surface area contributed by atoms with Gasteiger partial charge in [-0.25, -0.2) is 4.79 Å². The van der Waals surface area contributed by atoms with Gasteiger partial charge in [0.25, 0.3) is 0 Å². The molecule has 100 valence electrons. The Hall–Kier alpha value is -1.24. The number of carbonyl (C=O) groups excluding carboxylic acids is 1. The molecule has 0 spiro atoms. The molecule has 3 nitrogen and oxygen atoms in total. The number of alkyl halides is 3. The minimum Gasteiger partial charge on any atom is -0.440 e. The summed E-state index contributed by atoms with van der Waals surface area (Å²) >= 11 is 3.34. The van der Waals surface area contributed by atoms with Gasteiger partial charge in [-0.15, -0.1) is 0 Å². The maximum absolute atomic E-state index is 11.8. The second-order valence-electron chi connectivity index (χ2n) is 3.74. The van der Waals surface area contributed by atoms with Gasteiger partial charge in [-0.1, -0.05) is 15.9 Å². The van der Waals surface area contributed by atoms with Gasteiger partial charge in [0.05, 0.1) is 0 Å². The van der Waals surface area contributed by atoms with E-state index in [-0.39, 0.29) is 0 Å². The van der Waals surface area contributed by atoms with E-state index in [1.54, 1.807) is 12.1 Å². The highest BCUT2D eigenvalue weighted by atomic mass is 79.9. The molecule has 1 N–H and O–H groups in total. The van der Waals surface area contributed by atoms with Crippen molar-refractivity contribution in [1.29, 1.82) is 0 Å². The highest BCUT2D eigenvalue weighted by Crippen LogP contribution is 2.25. The van der Waals surface area contributed by atoms with Crippen molar-refractivity contribution in [1.82, 2.24) is 0 Å². The van der Waals surface area contributed by atoms with Crippen LogP contribution in [-0.2, 0) is 4.74 Å². The van der Waals surface area contributed by atoms with Crippen molar-refractivity contribution >= 4 is 27.7 Å². The lowest BCUT2D eigenvalue weighted by Crippen LogP contribution is -2.23. The Morgan fingerprint density at radius 3 is 2.28 bits per heavy atom. The standard InChI is InChI=1S/C11H11BrF3NO2/c1-6-3-8(4-7(2)9(6)12)16-10(17)18-5-11(13,14)15/h3-4H,5H2,1-2H3,(H,16,17). The summed E-state index contributed by atoms with van der Waals surface area (Å²) in [6, 6.07) is 3.26. The zero-order valence-electron chi connectivity index (χ0n) is 9.69. The van der Waals surface area contributed by atoms with Crippen molar-refractivity contribution in [2.24, 2.45) is 0 Å². The number of halogens is 4. The van der Waals surface area contributed by atoms with Gasteiger partial charge in [-0.05, 0) is 37.1 Å². The van der Waals surface area contributed by atoms with Crippen LogP contribution in [0.5, 0.6) is 0 Å². The fraction of sp³-hybridized carbons (Fsp3) is 0.364.